The van der Waals surface area contributed by atoms with Gasteiger partial charge in [-0.25, -0.2) is 8.42 Å². The van der Waals surface area contributed by atoms with Gasteiger partial charge in [-0.2, -0.15) is 4.31 Å². The van der Waals surface area contributed by atoms with Crippen LogP contribution in [0.25, 0.3) is 0 Å². The zero-order chi connectivity index (χ0) is 23.4. The molecular formula is C24H25N3O4S2. The van der Waals surface area contributed by atoms with Crippen LogP contribution in [0.1, 0.15) is 31.2 Å². The van der Waals surface area contributed by atoms with E-state index in [1.807, 2.05) is 30.5 Å². The highest BCUT2D eigenvalue weighted by Crippen LogP contribution is 2.19. The van der Waals surface area contributed by atoms with Crippen molar-refractivity contribution < 1.29 is 18.0 Å². The van der Waals surface area contributed by atoms with Crippen LogP contribution in [0.5, 0.6) is 0 Å². The van der Waals surface area contributed by atoms with E-state index in [1.165, 1.54) is 15.6 Å². The Morgan fingerprint density at radius 2 is 1.61 bits per heavy atom. The molecule has 0 bridgehead atoms. The predicted octanol–water partition coefficient (Wildman–Crippen LogP) is 3.13. The van der Waals surface area contributed by atoms with Crippen LogP contribution >= 0.6 is 11.3 Å². The molecule has 2 aromatic carbocycles. The molecule has 9 heteroatoms. The standard InChI is InChI=1S/C24H25N3O4S2/c1-18-4-10-21(11-5-18)33(30,31)27-14-12-26(13-15-27)24(29)20-8-6-19(7-9-20)17-25-23(28)22-3-2-16-32-22/h2-11,16H,12-15,17H2,1H3,(H,25,28). The first-order valence-electron chi connectivity index (χ1n) is 10.6. The molecule has 1 fully saturated rings. The third kappa shape index (κ3) is 5.32. The maximum Gasteiger partial charge on any atom is 0.261 e. The number of sulfonamides is 1. The molecule has 4 rings (SSSR count). The van der Waals surface area contributed by atoms with Gasteiger partial charge in [-0.1, -0.05) is 35.9 Å². The van der Waals surface area contributed by atoms with Gasteiger partial charge in [0.05, 0.1) is 9.77 Å². The summed E-state index contributed by atoms with van der Waals surface area (Å²) in [5, 5.41) is 4.72. The molecular weight excluding hydrogens is 458 g/mol. The fourth-order valence-electron chi connectivity index (χ4n) is 3.62. The van der Waals surface area contributed by atoms with Gasteiger partial charge in [0.1, 0.15) is 0 Å². The number of nitrogens with zero attached hydrogens (tertiary/aromatic N) is 2. The van der Waals surface area contributed by atoms with Gasteiger partial charge in [0.15, 0.2) is 0 Å². The molecule has 172 valence electrons. The lowest BCUT2D eigenvalue weighted by molar-refractivity contribution is 0.0697. The molecule has 0 saturated carbocycles. The third-order valence-electron chi connectivity index (χ3n) is 5.58. The van der Waals surface area contributed by atoms with Crippen molar-refractivity contribution in [2.24, 2.45) is 0 Å². The molecule has 33 heavy (non-hydrogen) atoms. The normalized spacial score (nSPS) is 14.8. The molecule has 1 aliphatic rings. The number of hydrogen-bond acceptors (Lipinski definition) is 5. The summed E-state index contributed by atoms with van der Waals surface area (Å²) in [7, 11) is -3.57. The van der Waals surface area contributed by atoms with Crippen molar-refractivity contribution in [1.82, 2.24) is 14.5 Å². The lowest BCUT2D eigenvalue weighted by Gasteiger charge is -2.34. The molecule has 0 aliphatic carbocycles. The number of nitrogens with one attached hydrogen (secondary N) is 1. The number of carbonyl (C=O) groups excluding carboxylic acids is 2. The van der Waals surface area contributed by atoms with E-state index in [0.717, 1.165) is 11.1 Å². The molecule has 0 unspecified atom stereocenters. The van der Waals surface area contributed by atoms with Crippen molar-refractivity contribution in [3.8, 4) is 0 Å². The van der Waals surface area contributed by atoms with Crippen LogP contribution in [0.3, 0.4) is 0 Å². The number of thiophene rings is 1. The fraction of sp³-hybridized carbons (Fsp3) is 0.250. The van der Waals surface area contributed by atoms with Crippen LogP contribution < -0.4 is 5.32 Å². The Balaban J connectivity index is 1.32. The molecule has 0 spiro atoms. The van der Waals surface area contributed by atoms with Crippen molar-refractivity contribution in [2.45, 2.75) is 18.4 Å². The summed E-state index contributed by atoms with van der Waals surface area (Å²) in [6.45, 7) is 3.48. The fourth-order valence-corrected chi connectivity index (χ4v) is 5.68. The summed E-state index contributed by atoms with van der Waals surface area (Å²) < 4.78 is 27.2. The highest BCUT2D eigenvalue weighted by molar-refractivity contribution is 7.89. The van der Waals surface area contributed by atoms with Crippen LogP contribution in [0.2, 0.25) is 0 Å². The van der Waals surface area contributed by atoms with Crippen molar-refractivity contribution in [3.05, 3.63) is 87.6 Å². The highest BCUT2D eigenvalue weighted by Gasteiger charge is 2.30. The number of carbonyl (C=O) groups is 2. The quantitative estimate of drug-likeness (QED) is 0.584. The molecule has 2 amide bonds. The molecule has 1 saturated heterocycles. The van der Waals surface area contributed by atoms with Gasteiger partial charge in [0.2, 0.25) is 10.0 Å². The maximum absolute atomic E-state index is 12.9. The Kier molecular flexibility index (Phi) is 6.92. The van der Waals surface area contributed by atoms with E-state index in [4.69, 9.17) is 0 Å². The zero-order valence-corrected chi connectivity index (χ0v) is 19.9. The van der Waals surface area contributed by atoms with E-state index in [-0.39, 0.29) is 29.8 Å². The zero-order valence-electron chi connectivity index (χ0n) is 18.2. The van der Waals surface area contributed by atoms with Gasteiger partial charge in [-0.3, -0.25) is 9.59 Å². The van der Waals surface area contributed by atoms with Crippen LogP contribution in [0, 0.1) is 6.92 Å². The van der Waals surface area contributed by atoms with Crippen molar-refractivity contribution >= 4 is 33.2 Å². The van der Waals surface area contributed by atoms with E-state index in [2.05, 4.69) is 5.32 Å². The first-order valence-corrected chi connectivity index (χ1v) is 12.9. The molecule has 0 radical (unpaired) electrons. The van der Waals surface area contributed by atoms with Gasteiger partial charge in [-0.05, 0) is 48.2 Å². The predicted molar refractivity (Wildman–Crippen MR) is 128 cm³/mol. The minimum absolute atomic E-state index is 0.122. The molecule has 1 aromatic heterocycles. The SMILES string of the molecule is Cc1ccc(S(=O)(=O)N2CCN(C(=O)c3ccc(CNC(=O)c4cccs4)cc3)CC2)cc1. The summed E-state index contributed by atoms with van der Waals surface area (Å²) >= 11 is 1.39. The number of piperazine rings is 1. The number of aryl methyl sites for hydroxylation is 1. The van der Waals surface area contributed by atoms with E-state index < -0.39 is 10.0 Å². The van der Waals surface area contributed by atoms with Crippen LogP contribution in [-0.2, 0) is 16.6 Å². The average molecular weight is 484 g/mol. The summed E-state index contributed by atoms with van der Waals surface area (Å²) in [6, 6.07) is 17.5. The smallest absolute Gasteiger partial charge is 0.261 e. The molecule has 7 nitrogen and oxygen atoms in total. The topological polar surface area (TPSA) is 86.8 Å². The van der Waals surface area contributed by atoms with E-state index in [1.54, 1.807) is 47.4 Å². The number of rotatable bonds is 6. The van der Waals surface area contributed by atoms with Crippen LogP contribution in [0.4, 0.5) is 0 Å². The number of benzene rings is 2. The molecule has 3 aromatic rings. The Morgan fingerprint density at radius 1 is 0.939 bits per heavy atom. The van der Waals surface area contributed by atoms with E-state index in [0.29, 0.717) is 30.1 Å². The largest absolute Gasteiger partial charge is 0.347 e. The second kappa shape index (κ2) is 9.86. The summed E-state index contributed by atoms with van der Waals surface area (Å²) in [4.78, 5) is 27.5. The second-order valence-corrected chi connectivity index (χ2v) is 10.8. The Labute approximate surface area is 197 Å². The second-order valence-electron chi connectivity index (χ2n) is 7.87. The first kappa shape index (κ1) is 23.2. The summed E-state index contributed by atoms with van der Waals surface area (Å²) in [5.41, 5.74) is 2.43. The Morgan fingerprint density at radius 3 is 2.21 bits per heavy atom. The van der Waals surface area contributed by atoms with Crippen LogP contribution in [-0.4, -0.2) is 55.6 Å². The number of hydrogen-bond donors (Lipinski definition) is 1. The Bertz CT molecular complexity index is 1210. The van der Waals surface area contributed by atoms with Crippen molar-refractivity contribution in [2.75, 3.05) is 26.2 Å². The van der Waals surface area contributed by atoms with Gasteiger partial charge < -0.3 is 10.2 Å². The highest BCUT2D eigenvalue weighted by atomic mass is 32.2. The van der Waals surface area contributed by atoms with E-state index >= 15 is 0 Å². The molecule has 2 heterocycles. The summed E-state index contributed by atoms with van der Waals surface area (Å²) in [5.74, 6) is -0.250. The lowest BCUT2D eigenvalue weighted by Crippen LogP contribution is -2.50. The molecule has 0 atom stereocenters. The Hall–Kier alpha value is -3.01. The first-order chi connectivity index (χ1) is 15.8. The van der Waals surface area contributed by atoms with Gasteiger partial charge in [0, 0.05) is 38.3 Å². The minimum Gasteiger partial charge on any atom is -0.347 e. The van der Waals surface area contributed by atoms with Crippen molar-refractivity contribution in [1.29, 1.82) is 0 Å². The van der Waals surface area contributed by atoms with Gasteiger partial charge in [-0.15, -0.1) is 11.3 Å². The monoisotopic (exact) mass is 483 g/mol. The summed E-state index contributed by atoms with van der Waals surface area (Å²) in [6.07, 6.45) is 0. The lowest BCUT2D eigenvalue weighted by atomic mass is 10.1. The third-order valence-corrected chi connectivity index (χ3v) is 8.37. The van der Waals surface area contributed by atoms with Gasteiger partial charge in [0.25, 0.3) is 11.8 Å². The van der Waals surface area contributed by atoms with E-state index in [9.17, 15) is 18.0 Å². The molecule has 1 aliphatic heterocycles. The molecule has 1 N–H and O–H groups in total. The van der Waals surface area contributed by atoms with Crippen molar-refractivity contribution in [3.63, 3.8) is 0 Å². The van der Waals surface area contributed by atoms with Gasteiger partial charge >= 0.3 is 0 Å². The van der Waals surface area contributed by atoms with Crippen LogP contribution in [0.15, 0.2) is 70.9 Å². The minimum atomic E-state index is -3.57. The maximum atomic E-state index is 12.9. The number of amides is 2. The average Bonchev–Trinajstić information content (AvgIpc) is 3.38.